The highest BCUT2D eigenvalue weighted by atomic mass is 35.5. The van der Waals surface area contributed by atoms with Crippen molar-refractivity contribution in [2.24, 2.45) is 0 Å². The van der Waals surface area contributed by atoms with Crippen molar-refractivity contribution in [3.8, 4) is 5.88 Å². The van der Waals surface area contributed by atoms with Gasteiger partial charge < -0.3 is 15.4 Å². The van der Waals surface area contributed by atoms with E-state index in [0.29, 0.717) is 4.68 Å². The number of nitrogens with zero attached hydrogens (tertiary/aromatic N) is 3. The second-order valence-corrected chi connectivity index (χ2v) is 4.58. The number of alkyl halides is 2. The number of pyridine rings is 1. The van der Waals surface area contributed by atoms with Gasteiger partial charge in [-0.15, -0.1) is 0 Å². The molecule has 2 rings (SSSR count). The molecule has 2 N–H and O–H groups in total. The maximum absolute atomic E-state index is 12.5. The van der Waals surface area contributed by atoms with Crippen molar-refractivity contribution in [2.45, 2.75) is 13.5 Å². The van der Waals surface area contributed by atoms with Crippen LogP contribution in [0.1, 0.15) is 12.2 Å². The van der Waals surface area contributed by atoms with Crippen molar-refractivity contribution < 1.29 is 18.3 Å². The molecular weight excluding hydrogens is 320 g/mol. The van der Waals surface area contributed by atoms with Gasteiger partial charge in [0.15, 0.2) is 0 Å². The summed E-state index contributed by atoms with van der Waals surface area (Å²) in [5, 5.41) is 8.67. The van der Waals surface area contributed by atoms with E-state index in [1.807, 2.05) is 0 Å². The number of ether oxygens (including phenoxy) is 1. The number of halogens is 3. The molecule has 0 aliphatic heterocycles. The molecule has 0 atom stereocenters. The minimum absolute atomic E-state index is 0.162. The van der Waals surface area contributed by atoms with E-state index in [2.05, 4.69) is 20.7 Å². The molecule has 0 aliphatic rings. The average Bonchev–Trinajstić information content (AvgIpc) is 2.83. The Hall–Kier alpha value is -2.42. The van der Waals surface area contributed by atoms with Crippen LogP contribution in [0.15, 0.2) is 18.5 Å². The zero-order chi connectivity index (χ0) is 16.3. The van der Waals surface area contributed by atoms with E-state index in [0.717, 1.165) is 6.20 Å². The minimum atomic E-state index is -2.78. The SMILES string of the molecule is COc1cc(NC(=O)Nc2cn(C(F)F)nc2C)c(Cl)cn1. The van der Waals surface area contributed by atoms with Gasteiger partial charge in [0.2, 0.25) is 5.88 Å². The zero-order valence-corrected chi connectivity index (χ0v) is 12.4. The maximum atomic E-state index is 12.5. The first kappa shape index (κ1) is 16.0. The summed E-state index contributed by atoms with van der Waals surface area (Å²) in [6.45, 7) is -1.28. The van der Waals surface area contributed by atoms with Crippen molar-refractivity contribution in [2.75, 3.05) is 17.7 Å². The van der Waals surface area contributed by atoms with Crippen LogP contribution in [0.2, 0.25) is 5.02 Å². The lowest BCUT2D eigenvalue weighted by Gasteiger charge is -2.09. The summed E-state index contributed by atoms with van der Waals surface area (Å²) in [5.74, 6) is 0.265. The Balaban J connectivity index is 2.10. The second-order valence-electron chi connectivity index (χ2n) is 4.17. The minimum Gasteiger partial charge on any atom is -0.481 e. The standard InChI is InChI=1S/C12H12ClF2N5O2/c1-6-9(5-20(19-6)11(14)15)18-12(21)17-8-3-10(22-2)16-4-7(8)13/h3-5,11H,1-2H3,(H2,16,17,18,21). The number of hydrogen-bond acceptors (Lipinski definition) is 4. The molecule has 0 saturated heterocycles. The van der Waals surface area contributed by atoms with Gasteiger partial charge in [-0.3, -0.25) is 0 Å². The zero-order valence-electron chi connectivity index (χ0n) is 11.6. The van der Waals surface area contributed by atoms with Crippen molar-refractivity contribution in [3.05, 3.63) is 29.2 Å². The summed E-state index contributed by atoms with van der Waals surface area (Å²) < 4.78 is 30.4. The molecule has 118 valence electrons. The number of nitrogens with one attached hydrogen (secondary N) is 2. The number of urea groups is 1. The van der Waals surface area contributed by atoms with Crippen LogP contribution in [0.4, 0.5) is 25.0 Å². The molecule has 22 heavy (non-hydrogen) atoms. The summed E-state index contributed by atoms with van der Waals surface area (Å²) in [5.41, 5.74) is 0.689. The number of rotatable bonds is 4. The van der Waals surface area contributed by atoms with Crippen LogP contribution >= 0.6 is 11.6 Å². The lowest BCUT2D eigenvalue weighted by molar-refractivity contribution is 0.0563. The Bertz CT molecular complexity index is 692. The number of amides is 2. The monoisotopic (exact) mass is 331 g/mol. The van der Waals surface area contributed by atoms with E-state index in [1.54, 1.807) is 0 Å². The molecule has 2 aromatic heterocycles. The van der Waals surface area contributed by atoms with Gasteiger partial charge >= 0.3 is 12.6 Å². The highest BCUT2D eigenvalue weighted by Crippen LogP contribution is 2.25. The van der Waals surface area contributed by atoms with Gasteiger partial charge in [-0.25, -0.2) is 14.5 Å². The van der Waals surface area contributed by atoms with E-state index in [1.165, 1.54) is 26.3 Å². The first-order chi connectivity index (χ1) is 10.4. The van der Waals surface area contributed by atoms with Gasteiger partial charge in [0.1, 0.15) is 0 Å². The normalized spacial score (nSPS) is 10.6. The highest BCUT2D eigenvalue weighted by Gasteiger charge is 2.14. The summed E-state index contributed by atoms with van der Waals surface area (Å²) in [4.78, 5) is 15.8. The smallest absolute Gasteiger partial charge is 0.333 e. The molecule has 2 amide bonds. The van der Waals surface area contributed by atoms with Gasteiger partial charge in [-0.05, 0) is 6.92 Å². The van der Waals surface area contributed by atoms with Crippen molar-refractivity contribution in [1.29, 1.82) is 0 Å². The molecule has 2 heterocycles. The quantitative estimate of drug-likeness (QED) is 0.900. The Morgan fingerprint density at radius 3 is 2.68 bits per heavy atom. The second kappa shape index (κ2) is 6.56. The fourth-order valence-electron chi connectivity index (χ4n) is 1.61. The lowest BCUT2D eigenvalue weighted by Crippen LogP contribution is -2.20. The Labute approximate surface area is 129 Å². The first-order valence-corrected chi connectivity index (χ1v) is 6.40. The molecular formula is C12H12ClF2N5O2. The molecule has 2 aromatic rings. The average molecular weight is 332 g/mol. The van der Waals surface area contributed by atoms with Gasteiger partial charge in [0.25, 0.3) is 0 Å². The Morgan fingerprint density at radius 1 is 1.41 bits per heavy atom. The Kier molecular flexibility index (Phi) is 4.76. The topological polar surface area (TPSA) is 81.1 Å². The van der Waals surface area contributed by atoms with Crippen LogP contribution in [0.5, 0.6) is 5.88 Å². The molecule has 0 bridgehead atoms. The molecule has 0 fully saturated rings. The molecule has 10 heteroatoms. The fraction of sp³-hybridized carbons (Fsp3) is 0.250. The van der Waals surface area contributed by atoms with Gasteiger partial charge in [-0.1, -0.05) is 11.6 Å². The van der Waals surface area contributed by atoms with E-state index in [-0.39, 0.29) is 28.0 Å². The lowest BCUT2D eigenvalue weighted by atomic mass is 10.4. The van der Waals surface area contributed by atoms with Crippen LogP contribution in [0, 0.1) is 6.92 Å². The van der Waals surface area contributed by atoms with E-state index in [4.69, 9.17) is 16.3 Å². The highest BCUT2D eigenvalue weighted by molar-refractivity contribution is 6.33. The first-order valence-electron chi connectivity index (χ1n) is 6.02. The fourth-order valence-corrected chi connectivity index (χ4v) is 1.76. The van der Waals surface area contributed by atoms with E-state index >= 15 is 0 Å². The molecule has 0 unspecified atom stereocenters. The third-order valence-corrected chi connectivity index (χ3v) is 2.95. The number of carbonyl (C=O) groups excluding carboxylic acids is 1. The predicted octanol–water partition coefficient (Wildman–Crippen LogP) is 3.29. The number of carbonyl (C=O) groups is 1. The summed E-state index contributed by atoms with van der Waals surface area (Å²) >= 11 is 5.90. The van der Waals surface area contributed by atoms with E-state index < -0.39 is 12.6 Å². The molecule has 0 spiro atoms. The number of anilines is 2. The predicted molar refractivity (Wildman–Crippen MR) is 76.7 cm³/mol. The van der Waals surface area contributed by atoms with Crippen LogP contribution in [-0.2, 0) is 0 Å². The van der Waals surface area contributed by atoms with Crippen LogP contribution in [0.25, 0.3) is 0 Å². The van der Waals surface area contributed by atoms with Gasteiger partial charge in [0.05, 0.1) is 41.6 Å². The number of aromatic nitrogens is 3. The number of methoxy groups -OCH3 is 1. The van der Waals surface area contributed by atoms with Crippen molar-refractivity contribution in [3.63, 3.8) is 0 Å². The molecule has 0 radical (unpaired) electrons. The van der Waals surface area contributed by atoms with Gasteiger partial charge in [0, 0.05) is 6.07 Å². The molecule has 0 saturated carbocycles. The van der Waals surface area contributed by atoms with Gasteiger partial charge in [-0.2, -0.15) is 13.9 Å². The summed E-state index contributed by atoms with van der Waals surface area (Å²) in [6.07, 6.45) is 2.35. The largest absolute Gasteiger partial charge is 0.481 e. The van der Waals surface area contributed by atoms with Crippen LogP contribution in [-0.4, -0.2) is 27.9 Å². The molecule has 0 aromatic carbocycles. The van der Waals surface area contributed by atoms with Crippen molar-refractivity contribution >= 4 is 29.0 Å². The van der Waals surface area contributed by atoms with Crippen molar-refractivity contribution in [1.82, 2.24) is 14.8 Å². The number of aryl methyl sites for hydroxylation is 1. The van der Waals surface area contributed by atoms with Crippen LogP contribution < -0.4 is 15.4 Å². The molecule has 0 aliphatic carbocycles. The maximum Gasteiger partial charge on any atom is 0.333 e. The summed E-state index contributed by atoms with van der Waals surface area (Å²) in [7, 11) is 1.42. The van der Waals surface area contributed by atoms with E-state index in [9.17, 15) is 13.6 Å². The molecule has 7 nitrogen and oxygen atoms in total. The third-order valence-electron chi connectivity index (χ3n) is 2.65. The third kappa shape index (κ3) is 3.61. The van der Waals surface area contributed by atoms with Crippen LogP contribution in [0.3, 0.4) is 0 Å². The summed E-state index contributed by atoms with van der Waals surface area (Å²) in [6, 6.07) is 0.768. The Morgan fingerprint density at radius 2 is 2.09 bits per heavy atom. The number of hydrogen-bond donors (Lipinski definition) is 2.